The first-order chi connectivity index (χ1) is 16.6. The number of rotatable bonds is 6. The van der Waals surface area contributed by atoms with Gasteiger partial charge in [-0.3, -0.25) is 14.5 Å². The number of aromatic nitrogens is 1. The van der Waals surface area contributed by atoms with Gasteiger partial charge in [0, 0.05) is 24.5 Å². The minimum Gasteiger partial charge on any atom is -0.491 e. The molecule has 0 N–H and O–H groups in total. The van der Waals surface area contributed by atoms with Crippen molar-refractivity contribution in [3.63, 3.8) is 0 Å². The monoisotopic (exact) mass is 458 g/mol. The fourth-order valence-electron chi connectivity index (χ4n) is 4.31. The van der Waals surface area contributed by atoms with Crippen molar-refractivity contribution in [3.8, 4) is 5.75 Å². The van der Waals surface area contributed by atoms with Gasteiger partial charge in [-0.1, -0.05) is 18.2 Å². The first-order valence-corrected chi connectivity index (χ1v) is 11.5. The number of ether oxygens (including phenoxy) is 3. The maximum atomic E-state index is 12.9. The van der Waals surface area contributed by atoms with E-state index in [2.05, 4.69) is 4.98 Å². The van der Waals surface area contributed by atoms with E-state index in [1.807, 2.05) is 36.4 Å². The number of anilines is 1. The van der Waals surface area contributed by atoms with E-state index >= 15 is 0 Å². The molecule has 0 aliphatic carbocycles. The fraction of sp³-hybridized carbons (Fsp3) is 0.296. The Labute approximate surface area is 197 Å². The SMILES string of the molecule is CC(=O)N1/C(=C\c2ccc3cc(OCCOC4CCCCO4)ccc3n2)C(=O)c2ccccc21. The summed E-state index contributed by atoms with van der Waals surface area (Å²) in [5.74, 6) is 0.334. The Kier molecular flexibility index (Phi) is 6.38. The molecule has 1 atom stereocenters. The number of allylic oxidation sites excluding steroid dienone is 1. The molecule has 1 fully saturated rings. The predicted octanol–water partition coefficient (Wildman–Crippen LogP) is 4.75. The van der Waals surface area contributed by atoms with Gasteiger partial charge in [0.15, 0.2) is 6.29 Å². The molecule has 7 heteroatoms. The maximum Gasteiger partial charge on any atom is 0.228 e. The molecule has 0 saturated carbocycles. The summed E-state index contributed by atoms with van der Waals surface area (Å²) in [6, 6.07) is 16.5. The van der Waals surface area contributed by atoms with E-state index in [4.69, 9.17) is 14.2 Å². The van der Waals surface area contributed by atoms with Crippen LogP contribution < -0.4 is 9.64 Å². The Hall–Kier alpha value is -3.55. The third kappa shape index (κ3) is 4.58. The van der Waals surface area contributed by atoms with Crippen molar-refractivity contribution in [1.82, 2.24) is 4.98 Å². The molecule has 1 amide bonds. The van der Waals surface area contributed by atoms with Crippen LogP contribution in [0.4, 0.5) is 5.69 Å². The molecule has 0 bridgehead atoms. The molecule has 5 rings (SSSR count). The number of ketones is 1. The van der Waals surface area contributed by atoms with Crippen LogP contribution in [0.1, 0.15) is 42.2 Å². The van der Waals surface area contributed by atoms with Gasteiger partial charge in [-0.2, -0.15) is 0 Å². The van der Waals surface area contributed by atoms with Crippen molar-refractivity contribution in [2.45, 2.75) is 32.5 Å². The minimum absolute atomic E-state index is 0.121. The lowest BCUT2D eigenvalue weighted by Gasteiger charge is -2.22. The summed E-state index contributed by atoms with van der Waals surface area (Å²) >= 11 is 0. The summed E-state index contributed by atoms with van der Waals surface area (Å²) < 4.78 is 17.1. The largest absolute Gasteiger partial charge is 0.491 e. The lowest BCUT2D eigenvalue weighted by Crippen LogP contribution is -2.25. The average molecular weight is 459 g/mol. The summed E-state index contributed by atoms with van der Waals surface area (Å²) in [5.41, 5.74) is 2.80. The highest BCUT2D eigenvalue weighted by atomic mass is 16.7. The van der Waals surface area contributed by atoms with Gasteiger partial charge in [0.2, 0.25) is 11.7 Å². The van der Waals surface area contributed by atoms with Gasteiger partial charge in [-0.15, -0.1) is 0 Å². The van der Waals surface area contributed by atoms with Gasteiger partial charge in [0.05, 0.1) is 29.2 Å². The second-order valence-corrected chi connectivity index (χ2v) is 8.34. The Bertz CT molecular complexity index is 1260. The van der Waals surface area contributed by atoms with Gasteiger partial charge >= 0.3 is 0 Å². The second kappa shape index (κ2) is 9.75. The highest BCUT2D eigenvalue weighted by Crippen LogP contribution is 2.35. The van der Waals surface area contributed by atoms with E-state index in [1.54, 1.807) is 24.3 Å². The molecule has 0 spiro atoms. The molecular weight excluding hydrogens is 432 g/mol. The summed E-state index contributed by atoms with van der Waals surface area (Å²) in [5, 5.41) is 0.917. The number of benzene rings is 2. The van der Waals surface area contributed by atoms with Crippen LogP contribution in [0.25, 0.3) is 17.0 Å². The number of carbonyl (C=O) groups is 2. The Morgan fingerprint density at radius 1 is 1.15 bits per heavy atom. The van der Waals surface area contributed by atoms with Crippen molar-refractivity contribution in [2.75, 3.05) is 24.7 Å². The summed E-state index contributed by atoms with van der Waals surface area (Å²) in [4.78, 5) is 31.3. The molecule has 1 saturated heterocycles. The third-order valence-electron chi connectivity index (χ3n) is 5.94. The Morgan fingerprint density at radius 3 is 2.85 bits per heavy atom. The van der Waals surface area contributed by atoms with Crippen LogP contribution in [0, 0.1) is 0 Å². The second-order valence-electron chi connectivity index (χ2n) is 8.34. The number of Topliss-reactive ketones (excluding diaryl/α,β-unsaturated/α-hetero) is 1. The van der Waals surface area contributed by atoms with Crippen LogP contribution >= 0.6 is 0 Å². The number of hydrogen-bond donors (Lipinski definition) is 0. The number of fused-ring (bicyclic) bond motifs is 2. The molecule has 3 aromatic rings. The zero-order chi connectivity index (χ0) is 23.5. The van der Waals surface area contributed by atoms with E-state index in [1.165, 1.54) is 11.8 Å². The third-order valence-corrected chi connectivity index (χ3v) is 5.94. The first kappa shape index (κ1) is 22.3. The summed E-state index contributed by atoms with van der Waals surface area (Å²) in [6.07, 6.45) is 4.71. The van der Waals surface area contributed by atoms with E-state index in [0.29, 0.717) is 35.9 Å². The summed E-state index contributed by atoms with van der Waals surface area (Å²) in [6.45, 7) is 3.12. The quantitative estimate of drug-likeness (QED) is 0.392. The van der Waals surface area contributed by atoms with Crippen LogP contribution in [0.15, 0.2) is 60.3 Å². The normalized spacial score (nSPS) is 19.0. The molecular formula is C27H26N2O5. The van der Waals surface area contributed by atoms with Crippen LogP contribution in [0.2, 0.25) is 0 Å². The molecule has 0 radical (unpaired) electrons. The number of nitrogens with zero attached hydrogens (tertiary/aromatic N) is 2. The number of hydrogen-bond acceptors (Lipinski definition) is 6. The molecule has 2 aliphatic rings. The van der Waals surface area contributed by atoms with Crippen molar-refractivity contribution in [2.24, 2.45) is 0 Å². The van der Waals surface area contributed by atoms with Crippen molar-refractivity contribution >= 4 is 34.4 Å². The van der Waals surface area contributed by atoms with Crippen molar-refractivity contribution in [1.29, 1.82) is 0 Å². The Balaban J connectivity index is 1.29. The zero-order valence-electron chi connectivity index (χ0n) is 19.0. The molecule has 1 aromatic heterocycles. The standard InChI is InChI=1S/C27H26N2O5/c1-18(30)29-24-7-3-2-6-22(24)27(31)25(29)17-20-10-9-19-16-21(11-12-23(19)28-20)32-14-15-34-26-8-4-5-13-33-26/h2-3,6-7,9-12,16-17,26H,4-5,8,13-15H2,1H3/b25-17-. The topological polar surface area (TPSA) is 78.0 Å². The van der Waals surface area contributed by atoms with Gasteiger partial charge in [0.25, 0.3) is 0 Å². The van der Waals surface area contributed by atoms with E-state index in [9.17, 15) is 9.59 Å². The van der Waals surface area contributed by atoms with Crippen LogP contribution in [-0.2, 0) is 14.3 Å². The number of para-hydroxylation sites is 1. The molecule has 7 nitrogen and oxygen atoms in total. The lowest BCUT2D eigenvalue weighted by molar-refractivity contribution is -0.165. The minimum atomic E-state index is -0.217. The van der Waals surface area contributed by atoms with Crippen LogP contribution in [0.5, 0.6) is 5.75 Å². The lowest BCUT2D eigenvalue weighted by atomic mass is 10.1. The van der Waals surface area contributed by atoms with E-state index in [-0.39, 0.29) is 18.0 Å². The van der Waals surface area contributed by atoms with Gasteiger partial charge in [0.1, 0.15) is 12.4 Å². The number of pyridine rings is 1. The number of amides is 1. The van der Waals surface area contributed by atoms with Crippen molar-refractivity contribution < 1.29 is 23.8 Å². The van der Waals surface area contributed by atoms with Gasteiger partial charge in [-0.25, -0.2) is 4.98 Å². The zero-order valence-corrected chi connectivity index (χ0v) is 19.0. The first-order valence-electron chi connectivity index (χ1n) is 11.5. The molecule has 2 aliphatic heterocycles. The van der Waals surface area contributed by atoms with Crippen molar-refractivity contribution in [3.05, 3.63) is 71.6 Å². The van der Waals surface area contributed by atoms with E-state index in [0.717, 1.165) is 42.5 Å². The molecule has 3 heterocycles. The average Bonchev–Trinajstić information content (AvgIpc) is 3.14. The highest BCUT2D eigenvalue weighted by molar-refractivity contribution is 6.26. The molecule has 1 unspecified atom stereocenters. The maximum absolute atomic E-state index is 12.9. The summed E-state index contributed by atoms with van der Waals surface area (Å²) in [7, 11) is 0. The Morgan fingerprint density at radius 2 is 2.03 bits per heavy atom. The molecule has 2 aromatic carbocycles. The molecule has 34 heavy (non-hydrogen) atoms. The van der Waals surface area contributed by atoms with Crippen LogP contribution in [-0.4, -0.2) is 42.8 Å². The highest BCUT2D eigenvalue weighted by Gasteiger charge is 2.34. The van der Waals surface area contributed by atoms with Gasteiger partial charge < -0.3 is 14.2 Å². The molecule has 174 valence electrons. The van der Waals surface area contributed by atoms with Gasteiger partial charge in [-0.05, 0) is 61.7 Å². The number of carbonyl (C=O) groups excluding carboxylic acids is 2. The van der Waals surface area contributed by atoms with Crippen LogP contribution in [0.3, 0.4) is 0 Å². The van der Waals surface area contributed by atoms with E-state index < -0.39 is 0 Å². The fourth-order valence-corrected chi connectivity index (χ4v) is 4.31. The smallest absolute Gasteiger partial charge is 0.228 e. The predicted molar refractivity (Wildman–Crippen MR) is 129 cm³/mol.